The van der Waals surface area contributed by atoms with Gasteiger partial charge in [0, 0.05) is 5.54 Å². The Bertz CT molecular complexity index is 570. The van der Waals surface area contributed by atoms with Gasteiger partial charge in [-0.05, 0) is 36.1 Å². The molecule has 0 fully saturated rings. The van der Waals surface area contributed by atoms with E-state index in [2.05, 4.69) is 0 Å². The Morgan fingerprint density at radius 2 is 1.85 bits per heavy atom. The van der Waals surface area contributed by atoms with Crippen LogP contribution in [-0.4, -0.2) is 7.11 Å². The molecule has 0 aromatic heterocycles. The molecule has 2 aromatic carbocycles. The predicted molar refractivity (Wildman–Crippen MR) is 79.3 cm³/mol. The average molecular weight is 273 g/mol. The third-order valence-corrected chi connectivity index (χ3v) is 3.72. The molecule has 2 rings (SSSR count). The van der Waals surface area contributed by atoms with Gasteiger partial charge in [-0.15, -0.1) is 0 Å². The monoisotopic (exact) mass is 273 g/mol. The van der Waals surface area contributed by atoms with Gasteiger partial charge in [0.1, 0.15) is 0 Å². The highest BCUT2D eigenvalue weighted by atomic mass is 19.1. The third-order valence-electron chi connectivity index (χ3n) is 3.72. The number of methoxy groups -OCH3 is 1. The fraction of sp³-hybridized carbons (Fsp3) is 0.294. The van der Waals surface area contributed by atoms with Crippen molar-refractivity contribution in [1.82, 2.24) is 0 Å². The lowest BCUT2D eigenvalue weighted by Gasteiger charge is -2.29. The second kappa shape index (κ2) is 6.06. The van der Waals surface area contributed by atoms with Crippen molar-refractivity contribution in [2.75, 3.05) is 7.11 Å². The summed E-state index contributed by atoms with van der Waals surface area (Å²) in [5, 5.41) is 0. The molecule has 3 heteroatoms. The molecule has 1 atom stereocenters. The van der Waals surface area contributed by atoms with Crippen LogP contribution >= 0.6 is 0 Å². The van der Waals surface area contributed by atoms with Gasteiger partial charge in [-0.2, -0.15) is 0 Å². The van der Waals surface area contributed by atoms with E-state index < -0.39 is 5.54 Å². The topological polar surface area (TPSA) is 35.2 Å². The Morgan fingerprint density at radius 1 is 1.15 bits per heavy atom. The second-order valence-electron chi connectivity index (χ2n) is 5.02. The van der Waals surface area contributed by atoms with Crippen LogP contribution in [0.25, 0.3) is 0 Å². The summed E-state index contributed by atoms with van der Waals surface area (Å²) in [4.78, 5) is 0. The lowest BCUT2D eigenvalue weighted by atomic mass is 9.82. The van der Waals surface area contributed by atoms with Crippen molar-refractivity contribution >= 4 is 0 Å². The smallest absolute Gasteiger partial charge is 0.165 e. The maximum atomic E-state index is 13.8. The van der Waals surface area contributed by atoms with Crippen molar-refractivity contribution < 1.29 is 9.13 Å². The lowest BCUT2D eigenvalue weighted by Crippen LogP contribution is -2.38. The molecule has 1 unspecified atom stereocenters. The van der Waals surface area contributed by atoms with E-state index in [-0.39, 0.29) is 11.6 Å². The predicted octanol–water partition coefficient (Wildman–Crippen LogP) is 3.64. The summed E-state index contributed by atoms with van der Waals surface area (Å²) in [5.41, 5.74) is 7.97. The van der Waals surface area contributed by atoms with E-state index in [1.165, 1.54) is 13.2 Å². The van der Waals surface area contributed by atoms with E-state index in [4.69, 9.17) is 10.5 Å². The summed E-state index contributed by atoms with van der Waals surface area (Å²) in [6, 6.07) is 15.0. The van der Waals surface area contributed by atoms with Gasteiger partial charge in [0.15, 0.2) is 11.6 Å². The summed E-state index contributed by atoms with van der Waals surface area (Å²) in [5.74, 6) is -0.0934. The van der Waals surface area contributed by atoms with Gasteiger partial charge in [0.25, 0.3) is 0 Å². The zero-order valence-corrected chi connectivity index (χ0v) is 11.9. The molecule has 2 nitrogen and oxygen atoms in total. The van der Waals surface area contributed by atoms with Gasteiger partial charge in [-0.1, -0.05) is 43.3 Å². The zero-order chi connectivity index (χ0) is 14.6. The van der Waals surface area contributed by atoms with Crippen LogP contribution in [0.1, 0.15) is 24.5 Å². The molecule has 0 radical (unpaired) electrons. The molecule has 0 spiro atoms. The van der Waals surface area contributed by atoms with E-state index in [1.54, 1.807) is 6.07 Å². The van der Waals surface area contributed by atoms with E-state index in [1.807, 2.05) is 43.3 Å². The first-order valence-electron chi connectivity index (χ1n) is 6.76. The quantitative estimate of drug-likeness (QED) is 0.902. The van der Waals surface area contributed by atoms with E-state index >= 15 is 0 Å². The molecule has 0 aliphatic rings. The molecule has 0 bridgehead atoms. The molecular weight excluding hydrogens is 253 g/mol. The highest BCUT2D eigenvalue weighted by Crippen LogP contribution is 2.28. The molecule has 2 aromatic rings. The molecule has 0 aliphatic heterocycles. The summed E-state index contributed by atoms with van der Waals surface area (Å²) >= 11 is 0. The van der Waals surface area contributed by atoms with Gasteiger partial charge < -0.3 is 10.5 Å². The van der Waals surface area contributed by atoms with Gasteiger partial charge >= 0.3 is 0 Å². The molecule has 0 saturated heterocycles. The molecule has 2 N–H and O–H groups in total. The molecule has 0 heterocycles. The van der Waals surface area contributed by atoms with Crippen LogP contribution in [0.2, 0.25) is 0 Å². The number of hydrogen-bond acceptors (Lipinski definition) is 2. The van der Waals surface area contributed by atoms with Gasteiger partial charge in [-0.25, -0.2) is 4.39 Å². The highest BCUT2D eigenvalue weighted by molar-refractivity contribution is 5.33. The standard InChI is InChI=1S/C17H20FNO/c1-3-17(19,14-7-5-4-6-8-14)12-13-9-10-16(20-2)15(18)11-13/h4-11H,3,12,19H2,1-2H3. The number of halogens is 1. The third kappa shape index (κ3) is 2.99. The van der Waals surface area contributed by atoms with Crippen molar-refractivity contribution in [1.29, 1.82) is 0 Å². The Balaban J connectivity index is 2.28. The molecule has 106 valence electrons. The number of ether oxygens (including phenoxy) is 1. The van der Waals surface area contributed by atoms with E-state index in [0.29, 0.717) is 6.42 Å². The summed E-state index contributed by atoms with van der Waals surface area (Å²) in [7, 11) is 1.46. The SMILES string of the molecule is CCC(N)(Cc1ccc(OC)c(F)c1)c1ccccc1. The van der Waals surface area contributed by atoms with Crippen molar-refractivity contribution in [2.24, 2.45) is 5.73 Å². The first kappa shape index (κ1) is 14.5. The van der Waals surface area contributed by atoms with Crippen LogP contribution in [0.5, 0.6) is 5.75 Å². The molecule has 0 saturated carbocycles. The summed E-state index contributed by atoms with van der Waals surface area (Å²) in [6.07, 6.45) is 1.37. The van der Waals surface area contributed by atoms with Crippen LogP contribution in [-0.2, 0) is 12.0 Å². The molecule has 0 amide bonds. The van der Waals surface area contributed by atoms with Crippen molar-refractivity contribution in [2.45, 2.75) is 25.3 Å². The highest BCUT2D eigenvalue weighted by Gasteiger charge is 2.25. The van der Waals surface area contributed by atoms with Gasteiger partial charge in [0.2, 0.25) is 0 Å². The van der Waals surface area contributed by atoms with Crippen molar-refractivity contribution in [3.8, 4) is 5.75 Å². The largest absolute Gasteiger partial charge is 0.494 e. The molecule has 20 heavy (non-hydrogen) atoms. The minimum absolute atomic E-state index is 0.257. The van der Waals surface area contributed by atoms with Gasteiger partial charge in [0.05, 0.1) is 7.11 Å². The maximum absolute atomic E-state index is 13.8. The maximum Gasteiger partial charge on any atom is 0.165 e. The summed E-state index contributed by atoms with van der Waals surface area (Å²) in [6.45, 7) is 2.05. The van der Waals surface area contributed by atoms with Crippen LogP contribution in [0.3, 0.4) is 0 Å². The number of nitrogens with two attached hydrogens (primary N) is 1. The van der Waals surface area contributed by atoms with E-state index in [0.717, 1.165) is 17.5 Å². The fourth-order valence-electron chi connectivity index (χ4n) is 2.39. The van der Waals surface area contributed by atoms with Crippen molar-refractivity contribution in [3.05, 3.63) is 65.5 Å². The minimum Gasteiger partial charge on any atom is -0.494 e. The summed E-state index contributed by atoms with van der Waals surface area (Å²) < 4.78 is 18.7. The second-order valence-corrected chi connectivity index (χ2v) is 5.02. The van der Waals surface area contributed by atoms with Crippen LogP contribution < -0.4 is 10.5 Å². The van der Waals surface area contributed by atoms with E-state index in [9.17, 15) is 4.39 Å². The zero-order valence-electron chi connectivity index (χ0n) is 11.9. The molecular formula is C17H20FNO. The van der Waals surface area contributed by atoms with Crippen LogP contribution in [0.15, 0.2) is 48.5 Å². The normalized spacial score (nSPS) is 13.8. The first-order chi connectivity index (χ1) is 9.59. The van der Waals surface area contributed by atoms with Crippen LogP contribution in [0, 0.1) is 5.82 Å². The Morgan fingerprint density at radius 3 is 2.40 bits per heavy atom. The number of hydrogen-bond donors (Lipinski definition) is 1. The Kier molecular flexibility index (Phi) is 4.40. The van der Waals surface area contributed by atoms with Crippen molar-refractivity contribution in [3.63, 3.8) is 0 Å². The Hall–Kier alpha value is -1.87. The average Bonchev–Trinajstić information content (AvgIpc) is 2.48. The molecule has 0 aliphatic carbocycles. The number of benzene rings is 2. The van der Waals surface area contributed by atoms with Gasteiger partial charge in [-0.3, -0.25) is 0 Å². The lowest BCUT2D eigenvalue weighted by molar-refractivity contribution is 0.384. The Labute approximate surface area is 119 Å². The van der Waals surface area contributed by atoms with Crippen LogP contribution in [0.4, 0.5) is 4.39 Å². The number of rotatable bonds is 5. The fourth-order valence-corrected chi connectivity index (χ4v) is 2.39. The minimum atomic E-state index is -0.484. The first-order valence-corrected chi connectivity index (χ1v) is 6.76.